The van der Waals surface area contributed by atoms with Gasteiger partial charge in [0.25, 0.3) is 5.91 Å². The van der Waals surface area contributed by atoms with Crippen LogP contribution in [0.25, 0.3) is 0 Å². The van der Waals surface area contributed by atoms with E-state index < -0.39 is 0 Å². The predicted octanol–water partition coefficient (Wildman–Crippen LogP) is 4.21. The molecule has 1 saturated heterocycles. The summed E-state index contributed by atoms with van der Waals surface area (Å²) in [4.78, 5) is 31.4. The van der Waals surface area contributed by atoms with Gasteiger partial charge >= 0.3 is 0 Å². The number of carbonyl (C=O) groups is 2. The van der Waals surface area contributed by atoms with E-state index in [2.05, 4.69) is 24.1 Å². The SMILES string of the molecule is CCc1nc(N2CCCC2=O)sc1C(=O)Nc1ccc(C(C)C)cc1. The molecule has 0 saturated carbocycles. The first-order valence-electron chi connectivity index (χ1n) is 8.71. The van der Waals surface area contributed by atoms with Crippen LogP contribution in [-0.4, -0.2) is 23.3 Å². The Morgan fingerprint density at radius 3 is 2.60 bits per heavy atom. The van der Waals surface area contributed by atoms with E-state index in [1.807, 2.05) is 31.2 Å². The molecule has 1 fully saturated rings. The van der Waals surface area contributed by atoms with Gasteiger partial charge in [0, 0.05) is 18.7 Å². The summed E-state index contributed by atoms with van der Waals surface area (Å²) < 4.78 is 0. The zero-order chi connectivity index (χ0) is 18.0. The number of amides is 2. The summed E-state index contributed by atoms with van der Waals surface area (Å²) in [6.07, 6.45) is 2.07. The van der Waals surface area contributed by atoms with Crippen LogP contribution in [0.3, 0.4) is 0 Å². The lowest BCUT2D eigenvalue weighted by Gasteiger charge is -2.10. The van der Waals surface area contributed by atoms with E-state index in [1.54, 1.807) is 4.90 Å². The van der Waals surface area contributed by atoms with Crippen molar-refractivity contribution in [1.82, 2.24) is 4.98 Å². The first kappa shape index (κ1) is 17.6. The third-order valence-corrected chi connectivity index (χ3v) is 5.49. The summed E-state index contributed by atoms with van der Waals surface area (Å²) in [5.74, 6) is 0.385. The molecule has 1 aliphatic heterocycles. The molecule has 1 aliphatic rings. The highest BCUT2D eigenvalue weighted by molar-refractivity contribution is 7.18. The van der Waals surface area contributed by atoms with Crippen LogP contribution in [0, 0.1) is 0 Å². The minimum absolute atomic E-state index is 0.0904. The predicted molar refractivity (Wildman–Crippen MR) is 102 cm³/mol. The van der Waals surface area contributed by atoms with Gasteiger partial charge in [-0.3, -0.25) is 14.5 Å². The van der Waals surface area contributed by atoms with E-state index in [-0.39, 0.29) is 11.8 Å². The van der Waals surface area contributed by atoms with Crippen LogP contribution in [0.5, 0.6) is 0 Å². The van der Waals surface area contributed by atoms with Crippen LogP contribution in [0.2, 0.25) is 0 Å². The van der Waals surface area contributed by atoms with E-state index in [0.717, 1.165) is 17.8 Å². The lowest BCUT2D eigenvalue weighted by Crippen LogP contribution is -2.23. The van der Waals surface area contributed by atoms with Gasteiger partial charge in [-0.15, -0.1) is 0 Å². The van der Waals surface area contributed by atoms with E-state index in [1.165, 1.54) is 16.9 Å². The summed E-state index contributed by atoms with van der Waals surface area (Å²) in [5.41, 5.74) is 2.75. The van der Waals surface area contributed by atoms with Crippen molar-refractivity contribution in [3.05, 3.63) is 40.4 Å². The van der Waals surface area contributed by atoms with E-state index >= 15 is 0 Å². The van der Waals surface area contributed by atoms with Gasteiger partial charge in [-0.25, -0.2) is 4.98 Å². The molecule has 0 atom stereocenters. The third-order valence-electron chi connectivity index (χ3n) is 4.37. The summed E-state index contributed by atoms with van der Waals surface area (Å²) >= 11 is 1.30. The van der Waals surface area contributed by atoms with Crippen molar-refractivity contribution in [2.45, 2.75) is 46.0 Å². The first-order chi connectivity index (χ1) is 12.0. The summed E-state index contributed by atoms with van der Waals surface area (Å²) in [6, 6.07) is 7.90. The number of thiazole rings is 1. The molecule has 0 radical (unpaired) electrons. The van der Waals surface area contributed by atoms with Crippen LogP contribution in [-0.2, 0) is 11.2 Å². The Hall–Kier alpha value is -2.21. The normalized spacial score (nSPS) is 14.4. The molecule has 1 aromatic carbocycles. The largest absolute Gasteiger partial charge is 0.321 e. The number of hydrogen-bond acceptors (Lipinski definition) is 4. The zero-order valence-electron chi connectivity index (χ0n) is 14.8. The maximum Gasteiger partial charge on any atom is 0.267 e. The minimum atomic E-state index is -0.162. The number of anilines is 2. The van der Waals surface area contributed by atoms with Gasteiger partial charge in [0.05, 0.1) is 5.69 Å². The Labute approximate surface area is 152 Å². The van der Waals surface area contributed by atoms with Crippen molar-refractivity contribution in [1.29, 1.82) is 0 Å². The molecule has 0 spiro atoms. The summed E-state index contributed by atoms with van der Waals surface area (Å²) in [5, 5.41) is 3.58. The van der Waals surface area contributed by atoms with Crippen LogP contribution < -0.4 is 10.2 Å². The number of nitrogens with zero attached hydrogens (tertiary/aromatic N) is 2. The lowest BCUT2D eigenvalue weighted by atomic mass is 10.0. The molecule has 6 heteroatoms. The smallest absolute Gasteiger partial charge is 0.267 e. The van der Waals surface area contributed by atoms with Crippen molar-refractivity contribution >= 4 is 34.0 Å². The Kier molecular flexibility index (Phi) is 5.18. The molecule has 25 heavy (non-hydrogen) atoms. The average Bonchev–Trinajstić information content (AvgIpc) is 3.21. The highest BCUT2D eigenvalue weighted by Gasteiger charge is 2.27. The van der Waals surface area contributed by atoms with Gasteiger partial charge in [0.2, 0.25) is 5.91 Å². The third kappa shape index (κ3) is 3.74. The number of benzene rings is 1. The summed E-state index contributed by atoms with van der Waals surface area (Å²) in [6.45, 7) is 6.94. The van der Waals surface area contributed by atoms with Crippen LogP contribution in [0.1, 0.15) is 60.5 Å². The van der Waals surface area contributed by atoms with E-state index in [4.69, 9.17) is 0 Å². The molecule has 132 valence electrons. The molecule has 3 rings (SSSR count). The average molecular weight is 357 g/mol. The highest BCUT2D eigenvalue weighted by atomic mass is 32.1. The lowest BCUT2D eigenvalue weighted by molar-refractivity contribution is -0.117. The number of aryl methyl sites for hydroxylation is 1. The monoisotopic (exact) mass is 357 g/mol. The molecule has 2 amide bonds. The standard InChI is InChI=1S/C19H23N3O2S/c1-4-15-17(25-19(21-15)22-11-5-6-16(22)23)18(24)20-14-9-7-13(8-10-14)12(2)3/h7-10,12H,4-6,11H2,1-3H3,(H,20,24). The molecule has 1 aromatic heterocycles. The van der Waals surface area contributed by atoms with Crippen LogP contribution >= 0.6 is 11.3 Å². The Bertz CT molecular complexity index is 780. The van der Waals surface area contributed by atoms with E-state index in [0.29, 0.717) is 35.3 Å². The van der Waals surface area contributed by atoms with Crippen molar-refractivity contribution < 1.29 is 9.59 Å². The van der Waals surface area contributed by atoms with Crippen molar-refractivity contribution in [3.8, 4) is 0 Å². The molecular weight excluding hydrogens is 334 g/mol. The van der Waals surface area contributed by atoms with Gasteiger partial charge in [0.15, 0.2) is 5.13 Å². The Morgan fingerprint density at radius 2 is 2.04 bits per heavy atom. The highest BCUT2D eigenvalue weighted by Crippen LogP contribution is 2.30. The summed E-state index contributed by atoms with van der Waals surface area (Å²) in [7, 11) is 0. The fourth-order valence-corrected chi connectivity index (χ4v) is 3.95. The number of rotatable bonds is 5. The van der Waals surface area contributed by atoms with Gasteiger partial charge in [0.1, 0.15) is 4.88 Å². The maximum atomic E-state index is 12.7. The second-order valence-corrected chi connectivity index (χ2v) is 7.48. The Morgan fingerprint density at radius 1 is 1.32 bits per heavy atom. The van der Waals surface area contributed by atoms with Crippen molar-refractivity contribution in [2.24, 2.45) is 0 Å². The van der Waals surface area contributed by atoms with Gasteiger partial charge in [-0.05, 0) is 36.5 Å². The van der Waals surface area contributed by atoms with Crippen LogP contribution in [0.15, 0.2) is 24.3 Å². The van der Waals surface area contributed by atoms with E-state index in [9.17, 15) is 9.59 Å². The molecule has 2 aromatic rings. The zero-order valence-corrected chi connectivity index (χ0v) is 15.7. The second-order valence-electron chi connectivity index (χ2n) is 6.51. The number of nitrogens with one attached hydrogen (secondary N) is 1. The van der Waals surface area contributed by atoms with Gasteiger partial charge < -0.3 is 5.32 Å². The van der Waals surface area contributed by atoms with Crippen LogP contribution in [0.4, 0.5) is 10.8 Å². The fourth-order valence-electron chi connectivity index (χ4n) is 2.86. The van der Waals surface area contributed by atoms with Gasteiger partial charge in [-0.2, -0.15) is 0 Å². The van der Waals surface area contributed by atoms with Crippen molar-refractivity contribution in [2.75, 3.05) is 16.8 Å². The molecule has 0 aliphatic carbocycles. The number of carbonyl (C=O) groups excluding carboxylic acids is 2. The second kappa shape index (κ2) is 7.35. The molecule has 2 heterocycles. The molecule has 1 N–H and O–H groups in total. The minimum Gasteiger partial charge on any atom is -0.321 e. The molecule has 0 bridgehead atoms. The topological polar surface area (TPSA) is 62.3 Å². The fraction of sp³-hybridized carbons (Fsp3) is 0.421. The van der Waals surface area contributed by atoms with Gasteiger partial charge in [-0.1, -0.05) is 44.2 Å². The number of aromatic nitrogens is 1. The number of hydrogen-bond donors (Lipinski definition) is 1. The molecular formula is C19H23N3O2S. The maximum absolute atomic E-state index is 12.7. The van der Waals surface area contributed by atoms with Crippen molar-refractivity contribution in [3.63, 3.8) is 0 Å². The Balaban J connectivity index is 1.79. The molecule has 5 nitrogen and oxygen atoms in total. The quantitative estimate of drug-likeness (QED) is 0.872. The molecule has 0 unspecified atom stereocenters. The first-order valence-corrected chi connectivity index (χ1v) is 9.52.